The third-order valence-electron chi connectivity index (χ3n) is 4.01. The molecule has 0 bridgehead atoms. The van der Waals surface area contributed by atoms with Crippen LogP contribution in [0.2, 0.25) is 0 Å². The van der Waals surface area contributed by atoms with E-state index in [1.807, 2.05) is 0 Å². The molecule has 0 aliphatic heterocycles. The molecule has 3 heteroatoms. The van der Waals surface area contributed by atoms with Gasteiger partial charge in [0.05, 0.1) is 0 Å². The molecule has 0 aromatic heterocycles. The second kappa shape index (κ2) is 5.90. The van der Waals surface area contributed by atoms with E-state index in [0.717, 1.165) is 0 Å². The molecule has 2 aromatic rings. The highest BCUT2D eigenvalue weighted by molar-refractivity contribution is 9.10. The summed E-state index contributed by atoms with van der Waals surface area (Å²) in [5.74, 6) is 0.680. The fourth-order valence-corrected chi connectivity index (χ4v) is 3.62. The molecule has 1 nitrogen and oxygen atoms in total. The number of hydrogen-bond acceptors (Lipinski definition) is 1. The molecule has 0 spiro atoms. The Morgan fingerprint density at radius 1 is 1.00 bits per heavy atom. The molecule has 20 heavy (non-hydrogen) atoms. The number of nitrogens with one attached hydrogen (secondary N) is 1. The van der Waals surface area contributed by atoms with E-state index in [2.05, 4.69) is 86.6 Å². The molecule has 3 rings (SSSR count). The zero-order valence-electron chi connectivity index (χ0n) is 11.4. The van der Waals surface area contributed by atoms with Crippen LogP contribution in [-0.4, -0.2) is 6.04 Å². The SMILES string of the molecule is Cc1cc(NC2CC(c3ccccc3Br)C2)ccc1Br. The van der Waals surface area contributed by atoms with Gasteiger partial charge in [0.2, 0.25) is 0 Å². The molecule has 1 fully saturated rings. The van der Waals surface area contributed by atoms with Gasteiger partial charge in [0.15, 0.2) is 0 Å². The Hall–Kier alpha value is -0.800. The molecule has 0 saturated heterocycles. The summed E-state index contributed by atoms with van der Waals surface area (Å²) in [4.78, 5) is 0. The Balaban J connectivity index is 1.61. The second-order valence-corrected chi connectivity index (χ2v) is 7.20. The number of benzene rings is 2. The summed E-state index contributed by atoms with van der Waals surface area (Å²) < 4.78 is 2.41. The van der Waals surface area contributed by atoms with Gasteiger partial charge in [-0.25, -0.2) is 0 Å². The molecule has 1 saturated carbocycles. The molecule has 1 N–H and O–H groups in total. The maximum atomic E-state index is 3.65. The van der Waals surface area contributed by atoms with E-state index in [1.54, 1.807) is 0 Å². The largest absolute Gasteiger partial charge is 0.382 e. The first-order valence-electron chi connectivity index (χ1n) is 6.90. The van der Waals surface area contributed by atoms with Gasteiger partial charge in [0, 0.05) is 20.7 Å². The summed E-state index contributed by atoms with van der Waals surface area (Å²) in [6.45, 7) is 2.12. The van der Waals surface area contributed by atoms with E-state index < -0.39 is 0 Å². The third-order valence-corrected chi connectivity index (χ3v) is 5.62. The minimum atomic E-state index is 0.590. The van der Waals surface area contributed by atoms with Crippen LogP contribution in [0.5, 0.6) is 0 Å². The van der Waals surface area contributed by atoms with Gasteiger partial charge in [-0.1, -0.05) is 50.1 Å². The van der Waals surface area contributed by atoms with Crippen molar-refractivity contribution in [2.75, 3.05) is 5.32 Å². The van der Waals surface area contributed by atoms with Gasteiger partial charge in [-0.3, -0.25) is 0 Å². The maximum Gasteiger partial charge on any atom is 0.0345 e. The highest BCUT2D eigenvalue weighted by Gasteiger charge is 2.31. The average Bonchev–Trinajstić information content (AvgIpc) is 2.39. The van der Waals surface area contributed by atoms with Gasteiger partial charge in [0.1, 0.15) is 0 Å². The summed E-state index contributed by atoms with van der Waals surface area (Å²) in [5.41, 5.74) is 3.94. The minimum absolute atomic E-state index is 0.590. The molecule has 0 unspecified atom stereocenters. The summed E-state index contributed by atoms with van der Waals surface area (Å²) in [5, 5.41) is 3.63. The van der Waals surface area contributed by atoms with Crippen LogP contribution in [0, 0.1) is 6.92 Å². The van der Waals surface area contributed by atoms with E-state index >= 15 is 0 Å². The Labute approximate surface area is 137 Å². The van der Waals surface area contributed by atoms with Crippen LogP contribution < -0.4 is 5.32 Å². The van der Waals surface area contributed by atoms with Gasteiger partial charge >= 0.3 is 0 Å². The number of anilines is 1. The van der Waals surface area contributed by atoms with Crippen LogP contribution in [0.1, 0.15) is 29.9 Å². The topological polar surface area (TPSA) is 12.0 Å². The summed E-state index contributed by atoms with van der Waals surface area (Å²) >= 11 is 7.19. The van der Waals surface area contributed by atoms with Crippen molar-refractivity contribution in [2.45, 2.75) is 31.7 Å². The van der Waals surface area contributed by atoms with Gasteiger partial charge < -0.3 is 5.32 Å². The number of halogens is 2. The van der Waals surface area contributed by atoms with Crippen LogP contribution in [0.25, 0.3) is 0 Å². The molecule has 1 aliphatic carbocycles. The van der Waals surface area contributed by atoms with Crippen LogP contribution in [-0.2, 0) is 0 Å². The smallest absolute Gasteiger partial charge is 0.0345 e. The van der Waals surface area contributed by atoms with Crippen molar-refractivity contribution in [1.29, 1.82) is 0 Å². The van der Waals surface area contributed by atoms with Crippen LogP contribution >= 0.6 is 31.9 Å². The Bertz CT molecular complexity index is 618. The van der Waals surface area contributed by atoms with Gasteiger partial charge in [-0.05, 0) is 61.1 Å². The molecule has 0 atom stereocenters. The lowest BCUT2D eigenvalue weighted by Gasteiger charge is -2.37. The van der Waals surface area contributed by atoms with Crippen molar-refractivity contribution in [1.82, 2.24) is 0 Å². The fourth-order valence-electron chi connectivity index (χ4n) is 2.77. The van der Waals surface area contributed by atoms with E-state index in [0.29, 0.717) is 12.0 Å². The number of hydrogen-bond donors (Lipinski definition) is 1. The average molecular weight is 395 g/mol. The molecule has 0 heterocycles. The van der Waals surface area contributed by atoms with Crippen molar-refractivity contribution in [3.8, 4) is 0 Å². The zero-order valence-corrected chi connectivity index (χ0v) is 14.5. The van der Waals surface area contributed by atoms with Gasteiger partial charge in [-0.2, -0.15) is 0 Å². The highest BCUT2D eigenvalue weighted by Crippen LogP contribution is 2.41. The van der Waals surface area contributed by atoms with Crippen molar-refractivity contribution in [3.05, 3.63) is 62.5 Å². The number of aryl methyl sites for hydroxylation is 1. The van der Waals surface area contributed by atoms with Gasteiger partial charge in [-0.15, -0.1) is 0 Å². The maximum absolute atomic E-state index is 3.65. The Kier molecular flexibility index (Phi) is 4.18. The van der Waals surface area contributed by atoms with Crippen molar-refractivity contribution < 1.29 is 0 Å². The van der Waals surface area contributed by atoms with Gasteiger partial charge in [0.25, 0.3) is 0 Å². The van der Waals surface area contributed by atoms with Crippen LogP contribution in [0.15, 0.2) is 51.4 Å². The Morgan fingerprint density at radius 3 is 2.45 bits per heavy atom. The van der Waals surface area contributed by atoms with Crippen molar-refractivity contribution in [2.24, 2.45) is 0 Å². The molecule has 2 aromatic carbocycles. The zero-order chi connectivity index (χ0) is 14.1. The minimum Gasteiger partial charge on any atom is -0.382 e. The lowest BCUT2D eigenvalue weighted by Crippen LogP contribution is -2.34. The first-order chi connectivity index (χ1) is 9.63. The third kappa shape index (κ3) is 2.94. The van der Waals surface area contributed by atoms with Crippen molar-refractivity contribution in [3.63, 3.8) is 0 Å². The molecule has 0 radical (unpaired) electrons. The second-order valence-electron chi connectivity index (χ2n) is 5.50. The number of rotatable bonds is 3. The molecule has 1 aliphatic rings. The monoisotopic (exact) mass is 393 g/mol. The Morgan fingerprint density at radius 2 is 1.75 bits per heavy atom. The quantitative estimate of drug-likeness (QED) is 0.685. The van der Waals surface area contributed by atoms with Crippen LogP contribution in [0.3, 0.4) is 0 Å². The van der Waals surface area contributed by atoms with E-state index in [4.69, 9.17) is 0 Å². The first-order valence-corrected chi connectivity index (χ1v) is 8.49. The van der Waals surface area contributed by atoms with Crippen molar-refractivity contribution >= 4 is 37.5 Å². The summed E-state index contributed by atoms with van der Waals surface area (Å²) in [6.07, 6.45) is 2.41. The highest BCUT2D eigenvalue weighted by atomic mass is 79.9. The normalized spacial score (nSPS) is 21.4. The summed E-state index contributed by atoms with van der Waals surface area (Å²) in [7, 11) is 0. The summed E-state index contributed by atoms with van der Waals surface area (Å²) in [6, 6.07) is 15.6. The molecular weight excluding hydrogens is 378 g/mol. The molecular formula is C17H17Br2N. The van der Waals surface area contributed by atoms with E-state index in [9.17, 15) is 0 Å². The van der Waals surface area contributed by atoms with Crippen LogP contribution in [0.4, 0.5) is 5.69 Å². The standard InChI is InChI=1S/C17H17Br2N/c1-11-8-13(6-7-16(11)18)20-14-9-12(10-14)15-4-2-3-5-17(15)19/h2-8,12,14,20H,9-10H2,1H3. The molecule has 0 amide bonds. The lowest BCUT2D eigenvalue weighted by atomic mass is 9.76. The molecule has 104 valence electrons. The van der Waals surface area contributed by atoms with E-state index in [1.165, 1.54) is 38.6 Å². The first kappa shape index (κ1) is 14.2. The lowest BCUT2D eigenvalue weighted by molar-refractivity contribution is 0.373. The predicted octanol–water partition coefficient (Wildman–Crippen LogP) is 5.88. The van der Waals surface area contributed by atoms with E-state index in [-0.39, 0.29) is 0 Å². The predicted molar refractivity (Wildman–Crippen MR) is 92.4 cm³/mol. The fraction of sp³-hybridized carbons (Fsp3) is 0.294.